The van der Waals surface area contributed by atoms with E-state index in [-0.39, 0.29) is 0 Å². The van der Waals surface area contributed by atoms with Crippen molar-refractivity contribution >= 4 is 28.8 Å². The maximum absolute atomic E-state index is 5.58. The molecule has 0 bridgehead atoms. The molecule has 0 aliphatic carbocycles. The van der Waals surface area contributed by atoms with E-state index in [4.69, 9.17) is 18.9 Å². The zero-order chi connectivity index (χ0) is 39.2. The average molecular weight is 761 g/mol. The minimum atomic E-state index is -2.97. The van der Waals surface area contributed by atoms with Gasteiger partial charge in [0.15, 0.2) is 8.07 Å². The van der Waals surface area contributed by atoms with E-state index in [1.165, 1.54) is 20.7 Å². The molecule has 0 saturated heterocycles. The van der Waals surface area contributed by atoms with Crippen molar-refractivity contribution < 1.29 is 18.9 Å². The first-order chi connectivity index (χ1) is 28.0. The van der Waals surface area contributed by atoms with E-state index in [2.05, 4.69) is 146 Å². The fourth-order valence-electron chi connectivity index (χ4n) is 7.86. The summed E-state index contributed by atoms with van der Waals surface area (Å²) in [4.78, 5) is 0. The molecule has 0 aromatic heterocycles. The quantitative estimate of drug-likeness (QED) is 0.0919. The molecule has 0 heterocycles. The van der Waals surface area contributed by atoms with Gasteiger partial charge in [-0.3, -0.25) is 0 Å². The summed E-state index contributed by atoms with van der Waals surface area (Å²) in [5, 5.41) is 5.14. The van der Waals surface area contributed by atoms with Crippen LogP contribution < -0.4 is 39.7 Å². The summed E-state index contributed by atoms with van der Waals surface area (Å²) >= 11 is 0. The second-order valence-corrected chi connectivity index (χ2v) is 17.8. The van der Waals surface area contributed by atoms with Crippen LogP contribution in [0.5, 0.6) is 23.0 Å². The van der Waals surface area contributed by atoms with Crippen molar-refractivity contribution in [3.63, 3.8) is 0 Å². The highest BCUT2D eigenvalue weighted by molar-refractivity contribution is 7.19. The monoisotopic (exact) mass is 760 g/mol. The number of benzene rings is 8. The standard InChI is InChI=1S/C52H44O4Si/c1-53-45-13-5-9-41(33-45)37-17-25-49(26-18-37)57(50-27-19-38(20-28-50)42-10-6-14-46(34-42)54-2,51-29-21-39(22-30-51)43-11-7-15-47(35-43)55-3)52-31-23-40(24-32-52)44-12-8-16-48(36-44)56-4/h5-36H,1-4H3. The van der Waals surface area contributed by atoms with Gasteiger partial charge in [0.1, 0.15) is 23.0 Å². The molecule has 0 fully saturated rings. The molecule has 4 nitrogen and oxygen atoms in total. The third-order valence-electron chi connectivity index (χ3n) is 10.9. The van der Waals surface area contributed by atoms with Gasteiger partial charge in [-0.2, -0.15) is 0 Å². The molecule has 0 N–H and O–H groups in total. The van der Waals surface area contributed by atoms with Crippen LogP contribution in [0.15, 0.2) is 194 Å². The topological polar surface area (TPSA) is 36.9 Å². The average Bonchev–Trinajstić information content (AvgIpc) is 3.30. The lowest BCUT2D eigenvalue weighted by Crippen LogP contribution is -2.74. The van der Waals surface area contributed by atoms with Crippen LogP contribution in [-0.2, 0) is 0 Å². The van der Waals surface area contributed by atoms with E-state index >= 15 is 0 Å². The Kier molecular flexibility index (Phi) is 10.7. The third-order valence-corrected chi connectivity index (χ3v) is 15.7. The summed E-state index contributed by atoms with van der Waals surface area (Å²) in [6.07, 6.45) is 0. The van der Waals surface area contributed by atoms with Crippen LogP contribution in [0.2, 0.25) is 0 Å². The second-order valence-electron chi connectivity index (χ2n) is 14.0. The van der Waals surface area contributed by atoms with Crippen molar-refractivity contribution in [2.24, 2.45) is 0 Å². The smallest absolute Gasteiger partial charge is 0.179 e. The summed E-state index contributed by atoms with van der Waals surface area (Å²) in [5.41, 5.74) is 8.99. The van der Waals surface area contributed by atoms with Crippen LogP contribution in [0.25, 0.3) is 44.5 Å². The first-order valence-corrected chi connectivity index (χ1v) is 21.0. The maximum Gasteiger partial charge on any atom is 0.179 e. The van der Waals surface area contributed by atoms with E-state index in [1.54, 1.807) is 28.4 Å². The van der Waals surface area contributed by atoms with Crippen molar-refractivity contribution in [3.05, 3.63) is 194 Å². The highest BCUT2D eigenvalue weighted by Gasteiger charge is 2.41. The van der Waals surface area contributed by atoms with Gasteiger partial charge in [-0.25, -0.2) is 0 Å². The molecule has 8 aromatic carbocycles. The summed E-state index contributed by atoms with van der Waals surface area (Å²) in [5.74, 6) is 3.35. The molecule has 0 saturated carbocycles. The third kappa shape index (κ3) is 7.45. The Hall–Kier alpha value is -6.82. The molecule has 280 valence electrons. The van der Waals surface area contributed by atoms with Crippen molar-refractivity contribution in [1.82, 2.24) is 0 Å². The molecule has 0 unspecified atom stereocenters. The lowest BCUT2D eigenvalue weighted by Gasteiger charge is -2.35. The molecular formula is C52H44O4Si. The number of ether oxygens (including phenoxy) is 4. The number of hydrogen-bond acceptors (Lipinski definition) is 4. The molecule has 8 rings (SSSR count). The molecule has 0 aliphatic rings. The van der Waals surface area contributed by atoms with Gasteiger partial charge < -0.3 is 18.9 Å². The Labute approximate surface area is 336 Å². The molecular weight excluding hydrogens is 717 g/mol. The normalized spacial score (nSPS) is 11.2. The van der Waals surface area contributed by atoms with Crippen molar-refractivity contribution in [3.8, 4) is 67.5 Å². The van der Waals surface area contributed by atoms with E-state index < -0.39 is 8.07 Å². The Morgan fingerprint density at radius 2 is 0.456 bits per heavy atom. The Morgan fingerprint density at radius 3 is 0.649 bits per heavy atom. The van der Waals surface area contributed by atoms with Crippen LogP contribution >= 0.6 is 0 Å². The molecule has 0 amide bonds. The van der Waals surface area contributed by atoms with Crippen molar-refractivity contribution in [2.45, 2.75) is 0 Å². The van der Waals surface area contributed by atoms with Gasteiger partial charge in [0.2, 0.25) is 0 Å². The second kappa shape index (κ2) is 16.5. The highest BCUT2D eigenvalue weighted by Crippen LogP contribution is 2.28. The minimum Gasteiger partial charge on any atom is -0.497 e. The van der Waals surface area contributed by atoms with Crippen LogP contribution in [0, 0.1) is 0 Å². The number of rotatable bonds is 12. The molecule has 5 heteroatoms. The fraction of sp³-hybridized carbons (Fsp3) is 0.0769. The van der Waals surface area contributed by atoms with Gasteiger partial charge in [0, 0.05) is 0 Å². The first kappa shape index (κ1) is 37.1. The van der Waals surface area contributed by atoms with Crippen molar-refractivity contribution in [1.29, 1.82) is 0 Å². The summed E-state index contributed by atoms with van der Waals surface area (Å²) < 4.78 is 22.3. The lowest BCUT2D eigenvalue weighted by molar-refractivity contribution is 0.415. The largest absolute Gasteiger partial charge is 0.497 e. The predicted octanol–water partition coefficient (Wildman–Crippen LogP) is 9.77. The Bertz CT molecular complexity index is 2230. The predicted molar refractivity (Wildman–Crippen MR) is 238 cm³/mol. The van der Waals surface area contributed by atoms with Gasteiger partial charge in [-0.05, 0) is 114 Å². The molecule has 0 radical (unpaired) electrons. The first-order valence-electron chi connectivity index (χ1n) is 19.0. The van der Waals surface area contributed by atoms with Gasteiger partial charge in [0.05, 0.1) is 28.4 Å². The Morgan fingerprint density at radius 1 is 0.246 bits per heavy atom. The zero-order valence-electron chi connectivity index (χ0n) is 32.6. The van der Waals surface area contributed by atoms with Gasteiger partial charge >= 0.3 is 0 Å². The highest BCUT2D eigenvalue weighted by atomic mass is 28.3. The maximum atomic E-state index is 5.58. The van der Waals surface area contributed by atoms with Crippen LogP contribution in [0.1, 0.15) is 0 Å². The summed E-state index contributed by atoms with van der Waals surface area (Å²) in [6.45, 7) is 0. The number of hydrogen-bond donors (Lipinski definition) is 0. The van der Waals surface area contributed by atoms with E-state index in [0.717, 1.165) is 67.5 Å². The van der Waals surface area contributed by atoms with Crippen molar-refractivity contribution in [2.75, 3.05) is 28.4 Å². The van der Waals surface area contributed by atoms with Gasteiger partial charge in [-0.1, -0.05) is 146 Å². The molecule has 8 aromatic rings. The summed E-state index contributed by atoms with van der Waals surface area (Å²) in [6, 6.07) is 69.7. The zero-order valence-corrected chi connectivity index (χ0v) is 33.6. The van der Waals surface area contributed by atoms with E-state index in [1.807, 2.05) is 48.5 Å². The summed E-state index contributed by atoms with van der Waals surface area (Å²) in [7, 11) is 3.87. The number of methoxy groups -OCH3 is 4. The van der Waals surface area contributed by atoms with Gasteiger partial charge in [0.25, 0.3) is 0 Å². The van der Waals surface area contributed by atoms with Gasteiger partial charge in [-0.15, -0.1) is 0 Å². The van der Waals surface area contributed by atoms with Crippen LogP contribution in [0.4, 0.5) is 0 Å². The van der Waals surface area contributed by atoms with E-state index in [9.17, 15) is 0 Å². The van der Waals surface area contributed by atoms with E-state index in [0.29, 0.717) is 0 Å². The SMILES string of the molecule is COc1cccc(-c2ccc([Si](c3ccc(-c4cccc(OC)c4)cc3)(c3ccc(-c4cccc(OC)c4)cc3)c3ccc(-c4cccc(OC)c4)cc3)cc2)c1. The fourth-order valence-corrected chi connectivity index (χ4v) is 12.5. The Balaban J connectivity index is 1.34. The van der Waals surface area contributed by atoms with Crippen LogP contribution in [0.3, 0.4) is 0 Å². The molecule has 0 atom stereocenters. The van der Waals surface area contributed by atoms with Crippen LogP contribution in [-0.4, -0.2) is 36.5 Å². The molecule has 57 heavy (non-hydrogen) atoms. The molecule has 0 aliphatic heterocycles. The molecule has 0 spiro atoms. The minimum absolute atomic E-state index is 0.837. The lowest BCUT2D eigenvalue weighted by atomic mass is 10.1.